The fourth-order valence-electron chi connectivity index (χ4n) is 1.95. The van der Waals surface area contributed by atoms with Gasteiger partial charge in [-0.15, -0.1) is 0 Å². The zero-order valence-electron chi connectivity index (χ0n) is 12.0. The maximum Gasteiger partial charge on any atom is 0.242 e. The summed E-state index contributed by atoms with van der Waals surface area (Å²) in [5.74, 6) is 0. The average molecular weight is 285 g/mol. The summed E-state index contributed by atoms with van der Waals surface area (Å²) in [6.07, 6.45) is 0. The van der Waals surface area contributed by atoms with E-state index in [1.165, 1.54) is 0 Å². The highest BCUT2D eigenvalue weighted by Crippen LogP contribution is 2.20. The van der Waals surface area contributed by atoms with Crippen LogP contribution < -0.4 is 10.0 Å². The zero-order chi connectivity index (χ0) is 14.5. The Morgan fingerprint density at radius 3 is 2.47 bits per heavy atom. The van der Waals surface area contributed by atoms with Crippen LogP contribution in [-0.4, -0.2) is 46.5 Å². The number of nitrogens with zero attached hydrogens (tertiary/aromatic N) is 1. The molecule has 5 nitrogen and oxygen atoms in total. The lowest BCUT2D eigenvalue weighted by molar-refractivity contribution is 0.370. The Morgan fingerprint density at radius 2 is 1.89 bits per heavy atom. The van der Waals surface area contributed by atoms with E-state index < -0.39 is 10.0 Å². The smallest absolute Gasteiger partial charge is 0.242 e. The number of hydrogen-bond acceptors (Lipinski definition) is 4. The van der Waals surface area contributed by atoms with Crippen LogP contribution in [0.2, 0.25) is 0 Å². The van der Waals surface area contributed by atoms with Crippen molar-refractivity contribution >= 4 is 15.7 Å². The molecule has 19 heavy (non-hydrogen) atoms. The van der Waals surface area contributed by atoms with Gasteiger partial charge in [-0.3, -0.25) is 0 Å². The molecule has 0 saturated heterocycles. The molecule has 0 aliphatic heterocycles. The Labute approximate surface area is 116 Å². The van der Waals surface area contributed by atoms with Gasteiger partial charge < -0.3 is 10.2 Å². The van der Waals surface area contributed by atoms with Crippen molar-refractivity contribution in [1.82, 2.24) is 9.62 Å². The van der Waals surface area contributed by atoms with Crippen molar-refractivity contribution < 1.29 is 8.42 Å². The van der Waals surface area contributed by atoms with Gasteiger partial charge >= 0.3 is 0 Å². The second-order valence-electron chi connectivity index (χ2n) is 4.81. The van der Waals surface area contributed by atoms with Gasteiger partial charge in [-0.1, -0.05) is 12.1 Å². The maximum atomic E-state index is 12.4. The van der Waals surface area contributed by atoms with Crippen LogP contribution in [0, 0.1) is 0 Å². The van der Waals surface area contributed by atoms with E-state index in [1.807, 2.05) is 38.9 Å². The molecular weight excluding hydrogens is 262 g/mol. The third-order valence-electron chi connectivity index (χ3n) is 2.54. The number of benzene rings is 1. The molecule has 1 aromatic rings. The predicted molar refractivity (Wildman–Crippen MR) is 78.9 cm³/mol. The summed E-state index contributed by atoms with van der Waals surface area (Å²) in [5, 5.41) is 3.07. The maximum absolute atomic E-state index is 12.4. The van der Waals surface area contributed by atoms with Crippen molar-refractivity contribution in [3.8, 4) is 0 Å². The summed E-state index contributed by atoms with van der Waals surface area (Å²) in [7, 11) is 0.331. The van der Waals surface area contributed by atoms with Crippen LogP contribution in [0.25, 0.3) is 0 Å². The molecule has 0 fully saturated rings. The lowest BCUT2D eigenvalue weighted by atomic mass is 10.3. The Balaban J connectivity index is 2.94. The molecule has 0 heterocycles. The third-order valence-corrected chi connectivity index (χ3v) is 4.19. The molecule has 1 aromatic carbocycles. The van der Waals surface area contributed by atoms with Crippen LogP contribution in [0.4, 0.5) is 5.69 Å². The first kappa shape index (κ1) is 15.9. The second kappa shape index (κ2) is 6.88. The summed E-state index contributed by atoms with van der Waals surface area (Å²) < 4.78 is 27.4. The van der Waals surface area contributed by atoms with Crippen molar-refractivity contribution in [2.24, 2.45) is 0 Å². The van der Waals surface area contributed by atoms with Crippen molar-refractivity contribution in [2.75, 3.05) is 32.5 Å². The van der Waals surface area contributed by atoms with Gasteiger partial charge in [0.1, 0.15) is 4.90 Å². The Hall–Kier alpha value is -1.11. The number of nitrogens with one attached hydrogen (secondary N) is 2. The number of rotatable bonds is 7. The standard InChI is InChI=1S/C13H23N3O2S/c1-5-14-12-8-6-7-9-13(12)19(17,18)15-11(2)10-16(3)4/h6-9,11,14-15H,5,10H2,1-4H3. The highest BCUT2D eigenvalue weighted by Gasteiger charge is 2.20. The van der Waals surface area contributed by atoms with Gasteiger partial charge in [0.15, 0.2) is 0 Å². The van der Waals surface area contributed by atoms with E-state index in [9.17, 15) is 8.42 Å². The molecule has 0 aromatic heterocycles. The summed E-state index contributed by atoms with van der Waals surface area (Å²) >= 11 is 0. The van der Waals surface area contributed by atoms with Crippen molar-refractivity contribution in [3.63, 3.8) is 0 Å². The van der Waals surface area contributed by atoms with E-state index in [2.05, 4.69) is 10.0 Å². The van der Waals surface area contributed by atoms with Crippen LogP contribution in [0.5, 0.6) is 0 Å². The molecule has 0 aliphatic carbocycles. The number of para-hydroxylation sites is 1. The highest BCUT2D eigenvalue weighted by atomic mass is 32.2. The normalized spacial score (nSPS) is 13.5. The summed E-state index contributed by atoms with van der Waals surface area (Å²) in [4.78, 5) is 2.24. The molecule has 6 heteroatoms. The fraction of sp³-hybridized carbons (Fsp3) is 0.538. The van der Waals surface area contributed by atoms with Crippen LogP contribution in [0.3, 0.4) is 0 Å². The minimum absolute atomic E-state index is 0.144. The van der Waals surface area contributed by atoms with Gasteiger partial charge in [0, 0.05) is 19.1 Å². The van der Waals surface area contributed by atoms with Gasteiger partial charge in [-0.2, -0.15) is 0 Å². The molecule has 0 saturated carbocycles. The van der Waals surface area contributed by atoms with Crippen molar-refractivity contribution in [2.45, 2.75) is 24.8 Å². The monoisotopic (exact) mass is 285 g/mol. The highest BCUT2D eigenvalue weighted by molar-refractivity contribution is 7.89. The molecular formula is C13H23N3O2S. The first-order chi connectivity index (χ1) is 8.86. The van der Waals surface area contributed by atoms with Crippen molar-refractivity contribution in [3.05, 3.63) is 24.3 Å². The summed E-state index contributed by atoms with van der Waals surface area (Å²) in [6, 6.07) is 6.79. The third kappa shape index (κ3) is 4.81. The summed E-state index contributed by atoms with van der Waals surface area (Å²) in [5.41, 5.74) is 0.634. The van der Waals surface area contributed by atoms with Crippen LogP contribution in [-0.2, 0) is 10.0 Å². The summed E-state index contributed by atoms with van der Waals surface area (Å²) in [6.45, 7) is 5.13. The van der Waals surface area contributed by atoms with Gasteiger partial charge in [-0.05, 0) is 40.1 Å². The number of likely N-dealkylation sites (N-methyl/N-ethyl adjacent to an activating group) is 1. The van der Waals surface area contributed by atoms with E-state index in [0.29, 0.717) is 23.7 Å². The molecule has 0 bridgehead atoms. The first-order valence-corrected chi connectivity index (χ1v) is 7.85. The van der Waals surface area contributed by atoms with Crippen LogP contribution in [0.15, 0.2) is 29.2 Å². The van der Waals surface area contributed by atoms with Crippen LogP contribution in [0.1, 0.15) is 13.8 Å². The molecule has 2 N–H and O–H groups in total. The fourth-order valence-corrected chi connectivity index (χ4v) is 3.37. The second-order valence-corrected chi connectivity index (χ2v) is 6.49. The van der Waals surface area contributed by atoms with E-state index in [-0.39, 0.29) is 6.04 Å². The largest absolute Gasteiger partial charge is 0.384 e. The molecule has 1 unspecified atom stereocenters. The zero-order valence-corrected chi connectivity index (χ0v) is 12.8. The predicted octanol–water partition coefficient (Wildman–Crippen LogP) is 1.35. The van der Waals surface area contributed by atoms with E-state index in [0.717, 1.165) is 0 Å². The number of hydrogen-bond donors (Lipinski definition) is 2. The van der Waals surface area contributed by atoms with Gasteiger partial charge in [-0.25, -0.2) is 13.1 Å². The van der Waals surface area contributed by atoms with Gasteiger partial charge in [0.05, 0.1) is 5.69 Å². The van der Waals surface area contributed by atoms with Crippen molar-refractivity contribution in [1.29, 1.82) is 0 Å². The van der Waals surface area contributed by atoms with Gasteiger partial charge in [0.25, 0.3) is 0 Å². The van der Waals surface area contributed by atoms with E-state index in [1.54, 1.807) is 18.2 Å². The molecule has 0 amide bonds. The van der Waals surface area contributed by atoms with Gasteiger partial charge in [0.2, 0.25) is 10.0 Å². The molecule has 108 valence electrons. The quantitative estimate of drug-likeness (QED) is 0.794. The lowest BCUT2D eigenvalue weighted by Crippen LogP contribution is -2.39. The Morgan fingerprint density at radius 1 is 1.26 bits per heavy atom. The Kier molecular flexibility index (Phi) is 5.78. The minimum atomic E-state index is -3.50. The van der Waals surface area contributed by atoms with E-state index in [4.69, 9.17) is 0 Å². The average Bonchev–Trinajstić information content (AvgIpc) is 2.27. The Bertz CT molecular complexity index is 500. The first-order valence-electron chi connectivity index (χ1n) is 6.36. The SMILES string of the molecule is CCNc1ccccc1S(=O)(=O)NC(C)CN(C)C. The van der Waals surface area contributed by atoms with E-state index >= 15 is 0 Å². The lowest BCUT2D eigenvalue weighted by Gasteiger charge is -2.19. The minimum Gasteiger partial charge on any atom is -0.384 e. The van der Waals surface area contributed by atoms with Crippen LogP contribution >= 0.6 is 0 Å². The topological polar surface area (TPSA) is 61.4 Å². The molecule has 0 radical (unpaired) electrons. The molecule has 1 atom stereocenters. The molecule has 1 rings (SSSR count). The number of anilines is 1. The molecule has 0 spiro atoms. The number of sulfonamides is 1. The molecule has 0 aliphatic rings.